The lowest BCUT2D eigenvalue weighted by atomic mass is 10.2. The van der Waals surface area contributed by atoms with Crippen molar-refractivity contribution in [2.75, 3.05) is 5.73 Å². The van der Waals surface area contributed by atoms with Gasteiger partial charge in [-0.3, -0.25) is 4.57 Å². The number of aromatic nitrogens is 3. The third kappa shape index (κ3) is 2.65. The molecular formula is C10H18N4S. The van der Waals surface area contributed by atoms with E-state index in [1.165, 1.54) is 38.5 Å². The highest BCUT2D eigenvalue weighted by Gasteiger charge is 2.16. The van der Waals surface area contributed by atoms with Crippen molar-refractivity contribution < 1.29 is 0 Å². The molecule has 0 atom stereocenters. The molecule has 2 N–H and O–H groups in total. The van der Waals surface area contributed by atoms with Gasteiger partial charge in [0.05, 0.1) is 0 Å². The van der Waals surface area contributed by atoms with Crippen molar-refractivity contribution in [3.63, 3.8) is 0 Å². The van der Waals surface area contributed by atoms with Crippen LogP contribution in [0.25, 0.3) is 0 Å². The summed E-state index contributed by atoms with van der Waals surface area (Å²) < 4.78 is 1.87. The fourth-order valence-electron chi connectivity index (χ4n) is 1.94. The fourth-order valence-corrected chi connectivity index (χ4v) is 3.14. The molecular weight excluding hydrogens is 208 g/mol. The first-order valence-electron chi connectivity index (χ1n) is 5.59. The third-order valence-electron chi connectivity index (χ3n) is 2.94. The molecule has 0 bridgehead atoms. The number of nitrogens with zero attached hydrogens (tertiary/aromatic N) is 3. The largest absolute Gasteiger partial charge is 0.368 e. The van der Waals surface area contributed by atoms with Crippen LogP contribution in [0.2, 0.25) is 0 Å². The highest BCUT2D eigenvalue weighted by atomic mass is 32.2. The van der Waals surface area contributed by atoms with Crippen molar-refractivity contribution in [2.45, 2.75) is 48.9 Å². The quantitative estimate of drug-likeness (QED) is 0.786. The molecule has 1 heterocycles. The third-order valence-corrected chi connectivity index (χ3v) is 4.31. The molecule has 0 aliphatic heterocycles. The van der Waals surface area contributed by atoms with E-state index in [1.807, 2.05) is 23.4 Å². The second-order valence-corrected chi connectivity index (χ2v) is 5.40. The van der Waals surface area contributed by atoms with E-state index in [0.29, 0.717) is 11.2 Å². The molecule has 1 aliphatic carbocycles. The Kier molecular flexibility index (Phi) is 3.51. The van der Waals surface area contributed by atoms with Gasteiger partial charge in [-0.05, 0) is 12.8 Å². The van der Waals surface area contributed by atoms with Crippen LogP contribution in [0.5, 0.6) is 0 Å². The van der Waals surface area contributed by atoms with Gasteiger partial charge in [-0.25, -0.2) is 0 Å². The van der Waals surface area contributed by atoms with Gasteiger partial charge in [0, 0.05) is 12.3 Å². The topological polar surface area (TPSA) is 56.7 Å². The van der Waals surface area contributed by atoms with Gasteiger partial charge in [-0.1, -0.05) is 37.4 Å². The molecule has 1 saturated carbocycles. The number of nitrogens with two attached hydrogens (primary N) is 1. The minimum atomic E-state index is 0.506. The van der Waals surface area contributed by atoms with E-state index in [1.54, 1.807) is 0 Å². The van der Waals surface area contributed by atoms with E-state index in [2.05, 4.69) is 10.2 Å². The highest BCUT2D eigenvalue weighted by Crippen LogP contribution is 2.31. The summed E-state index contributed by atoms with van der Waals surface area (Å²) in [4.78, 5) is 0. The maximum atomic E-state index is 5.65. The van der Waals surface area contributed by atoms with E-state index in [9.17, 15) is 0 Å². The van der Waals surface area contributed by atoms with Crippen LogP contribution >= 0.6 is 11.8 Å². The van der Waals surface area contributed by atoms with E-state index in [-0.39, 0.29) is 0 Å². The monoisotopic (exact) mass is 226 g/mol. The minimum Gasteiger partial charge on any atom is -0.368 e. The van der Waals surface area contributed by atoms with Crippen LogP contribution < -0.4 is 5.73 Å². The average Bonchev–Trinajstić information content (AvgIpc) is 2.50. The molecule has 15 heavy (non-hydrogen) atoms. The number of hydrogen-bond acceptors (Lipinski definition) is 4. The van der Waals surface area contributed by atoms with E-state index >= 15 is 0 Å². The van der Waals surface area contributed by atoms with Crippen LogP contribution in [-0.4, -0.2) is 20.0 Å². The molecule has 1 fully saturated rings. The summed E-state index contributed by atoms with van der Waals surface area (Å²) in [6.07, 6.45) is 8.08. The van der Waals surface area contributed by atoms with Gasteiger partial charge in [0.2, 0.25) is 5.95 Å². The molecule has 1 aromatic rings. The lowest BCUT2D eigenvalue weighted by Gasteiger charge is -2.11. The Hall–Kier alpha value is -0.710. The van der Waals surface area contributed by atoms with Crippen LogP contribution in [0, 0.1) is 0 Å². The van der Waals surface area contributed by atoms with Crippen LogP contribution in [0.15, 0.2) is 5.16 Å². The normalized spacial score (nSPS) is 19.0. The highest BCUT2D eigenvalue weighted by molar-refractivity contribution is 7.99. The predicted molar refractivity (Wildman–Crippen MR) is 62.8 cm³/mol. The molecule has 0 spiro atoms. The molecule has 1 aromatic heterocycles. The Morgan fingerprint density at radius 2 is 1.87 bits per heavy atom. The molecule has 5 heteroatoms. The molecule has 0 unspecified atom stereocenters. The summed E-state index contributed by atoms with van der Waals surface area (Å²) >= 11 is 1.83. The number of anilines is 1. The van der Waals surface area contributed by atoms with Crippen LogP contribution in [0.1, 0.15) is 38.5 Å². The lowest BCUT2D eigenvalue weighted by Crippen LogP contribution is -2.04. The smallest absolute Gasteiger partial charge is 0.222 e. The minimum absolute atomic E-state index is 0.506. The number of nitrogen functional groups attached to an aromatic ring is 1. The zero-order chi connectivity index (χ0) is 10.7. The molecule has 84 valence electrons. The van der Waals surface area contributed by atoms with Gasteiger partial charge in [0.25, 0.3) is 0 Å². The van der Waals surface area contributed by atoms with Gasteiger partial charge in [-0.15, -0.1) is 10.2 Å². The Labute approximate surface area is 94.6 Å². The van der Waals surface area contributed by atoms with Crippen LogP contribution in [-0.2, 0) is 7.05 Å². The van der Waals surface area contributed by atoms with Crippen molar-refractivity contribution in [1.82, 2.24) is 14.8 Å². The zero-order valence-electron chi connectivity index (χ0n) is 9.15. The molecule has 0 aromatic carbocycles. The van der Waals surface area contributed by atoms with Crippen molar-refractivity contribution in [3.05, 3.63) is 0 Å². The van der Waals surface area contributed by atoms with E-state index < -0.39 is 0 Å². The van der Waals surface area contributed by atoms with Crippen LogP contribution in [0.3, 0.4) is 0 Å². The zero-order valence-corrected chi connectivity index (χ0v) is 9.96. The van der Waals surface area contributed by atoms with Gasteiger partial charge >= 0.3 is 0 Å². The van der Waals surface area contributed by atoms with Crippen molar-refractivity contribution in [3.8, 4) is 0 Å². The summed E-state index contributed by atoms with van der Waals surface area (Å²) in [5.74, 6) is 0.506. The Morgan fingerprint density at radius 1 is 1.20 bits per heavy atom. The summed E-state index contributed by atoms with van der Waals surface area (Å²) in [6.45, 7) is 0. The van der Waals surface area contributed by atoms with Crippen molar-refractivity contribution in [1.29, 1.82) is 0 Å². The van der Waals surface area contributed by atoms with Crippen molar-refractivity contribution in [2.24, 2.45) is 7.05 Å². The van der Waals surface area contributed by atoms with Gasteiger partial charge in [-0.2, -0.15) is 0 Å². The predicted octanol–water partition coefficient (Wildman–Crippen LogP) is 2.21. The van der Waals surface area contributed by atoms with Gasteiger partial charge in [0.1, 0.15) is 0 Å². The van der Waals surface area contributed by atoms with Gasteiger partial charge < -0.3 is 5.73 Å². The molecule has 2 rings (SSSR count). The summed E-state index contributed by atoms with van der Waals surface area (Å²) in [5, 5.41) is 9.63. The van der Waals surface area contributed by atoms with E-state index in [4.69, 9.17) is 5.73 Å². The van der Waals surface area contributed by atoms with Gasteiger partial charge in [0.15, 0.2) is 5.16 Å². The molecule has 4 nitrogen and oxygen atoms in total. The maximum Gasteiger partial charge on any atom is 0.222 e. The second kappa shape index (κ2) is 4.88. The summed E-state index contributed by atoms with van der Waals surface area (Å²) in [5.41, 5.74) is 5.65. The maximum absolute atomic E-state index is 5.65. The first-order chi connectivity index (χ1) is 7.27. The molecule has 0 amide bonds. The summed E-state index contributed by atoms with van der Waals surface area (Å²) in [7, 11) is 1.92. The average molecular weight is 226 g/mol. The fraction of sp³-hybridized carbons (Fsp3) is 0.800. The molecule has 1 aliphatic rings. The van der Waals surface area contributed by atoms with Crippen LogP contribution in [0.4, 0.5) is 5.95 Å². The van der Waals surface area contributed by atoms with E-state index in [0.717, 1.165) is 5.16 Å². The second-order valence-electron chi connectivity index (χ2n) is 4.13. The number of hydrogen-bond donors (Lipinski definition) is 1. The standard InChI is InChI=1S/C10H18N4S/c1-14-9(11)12-13-10(14)15-8-6-4-2-3-5-7-8/h8H,2-7H2,1H3,(H2,11,12). The molecule has 0 saturated heterocycles. The Bertz CT molecular complexity index is 315. The molecule has 0 radical (unpaired) electrons. The Balaban J connectivity index is 1.98. The number of rotatable bonds is 2. The Morgan fingerprint density at radius 3 is 2.40 bits per heavy atom. The number of thioether (sulfide) groups is 1. The first kappa shape index (κ1) is 10.8. The summed E-state index contributed by atoms with van der Waals surface area (Å²) in [6, 6.07) is 0. The van der Waals surface area contributed by atoms with Crippen molar-refractivity contribution >= 4 is 17.7 Å². The SMILES string of the molecule is Cn1c(N)nnc1SC1CCCCCC1. The first-order valence-corrected chi connectivity index (χ1v) is 6.47. The lowest BCUT2D eigenvalue weighted by molar-refractivity contribution is 0.702.